The molecule has 0 aromatic heterocycles. The zero-order valence-electron chi connectivity index (χ0n) is 10.9. The van der Waals surface area contributed by atoms with E-state index < -0.39 is 6.29 Å². The van der Waals surface area contributed by atoms with Crippen molar-refractivity contribution in [3.63, 3.8) is 0 Å². The van der Waals surface area contributed by atoms with Crippen molar-refractivity contribution in [3.05, 3.63) is 34.6 Å². The quantitative estimate of drug-likeness (QED) is 0.776. The summed E-state index contributed by atoms with van der Waals surface area (Å²) in [5, 5.41) is 3.74. The standard InChI is InChI=1S/C13H19ClFNO2/c1-4-16-12(13(17-2)18-3)8-9-7-10(14)5-6-11(9)15/h5-7,12-13,16H,4,8H2,1-3H3. The fraction of sp³-hybridized carbons (Fsp3) is 0.538. The molecule has 0 radical (unpaired) electrons. The highest BCUT2D eigenvalue weighted by atomic mass is 35.5. The summed E-state index contributed by atoms with van der Waals surface area (Å²) in [7, 11) is 3.12. The molecule has 18 heavy (non-hydrogen) atoms. The number of likely N-dealkylation sites (N-methyl/N-ethyl adjacent to an activating group) is 1. The minimum atomic E-state index is -0.427. The third kappa shape index (κ3) is 4.21. The van der Waals surface area contributed by atoms with E-state index in [1.54, 1.807) is 20.3 Å². The topological polar surface area (TPSA) is 30.5 Å². The number of halogens is 2. The molecule has 102 valence electrons. The van der Waals surface area contributed by atoms with Gasteiger partial charge in [-0.25, -0.2) is 4.39 Å². The fourth-order valence-electron chi connectivity index (χ4n) is 1.89. The minimum Gasteiger partial charge on any atom is -0.354 e. The second-order valence-electron chi connectivity index (χ2n) is 3.94. The maximum absolute atomic E-state index is 13.7. The van der Waals surface area contributed by atoms with Crippen LogP contribution in [0, 0.1) is 5.82 Å². The molecule has 0 heterocycles. The number of hydrogen-bond acceptors (Lipinski definition) is 3. The van der Waals surface area contributed by atoms with E-state index in [0.717, 1.165) is 6.54 Å². The van der Waals surface area contributed by atoms with Crippen molar-refractivity contribution in [3.8, 4) is 0 Å². The molecular formula is C13H19ClFNO2. The molecule has 0 fully saturated rings. The molecule has 0 saturated heterocycles. The number of benzene rings is 1. The highest BCUT2D eigenvalue weighted by Crippen LogP contribution is 2.18. The van der Waals surface area contributed by atoms with Crippen LogP contribution in [-0.4, -0.2) is 33.1 Å². The minimum absolute atomic E-state index is 0.127. The highest BCUT2D eigenvalue weighted by molar-refractivity contribution is 6.30. The number of ether oxygens (including phenoxy) is 2. The average Bonchev–Trinajstić information content (AvgIpc) is 2.35. The molecule has 0 bridgehead atoms. The van der Waals surface area contributed by atoms with Crippen LogP contribution in [0.1, 0.15) is 12.5 Å². The van der Waals surface area contributed by atoms with Gasteiger partial charge in [-0.2, -0.15) is 0 Å². The summed E-state index contributed by atoms with van der Waals surface area (Å²) in [6.07, 6.45) is 0.0235. The molecule has 1 atom stereocenters. The average molecular weight is 276 g/mol. The van der Waals surface area contributed by atoms with E-state index in [4.69, 9.17) is 21.1 Å². The molecule has 0 aliphatic carbocycles. The van der Waals surface area contributed by atoms with Gasteiger partial charge in [0.05, 0.1) is 6.04 Å². The molecule has 1 aromatic carbocycles. The first kappa shape index (κ1) is 15.4. The van der Waals surface area contributed by atoms with Crippen molar-refractivity contribution >= 4 is 11.6 Å². The third-order valence-electron chi connectivity index (χ3n) is 2.71. The lowest BCUT2D eigenvalue weighted by Gasteiger charge is -2.25. The van der Waals surface area contributed by atoms with E-state index in [-0.39, 0.29) is 11.9 Å². The van der Waals surface area contributed by atoms with Gasteiger partial charge in [0.25, 0.3) is 0 Å². The van der Waals surface area contributed by atoms with E-state index >= 15 is 0 Å². The number of nitrogens with one attached hydrogen (secondary N) is 1. The van der Waals surface area contributed by atoms with Gasteiger partial charge < -0.3 is 14.8 Å². The smallest absolute Gasteiger partial charge is 0.172 e. The lowest BCUT2D eigenvalue weighted by atomic mass is 10.0. The first-order valence-electron chi connectivity index (χ1n) is 5.85. The maximum Gasteiger partial charge on any atom is 0.172 e. The number of hydrogen-bond donors (Lipinski definition) is 1. The number of methoxy groups -OCH3 is 2. The van der Waals surface area contributed by atoms with Crippen molar-refractivity contribution in [2.75, 3.05) is 20.8 Å². The Morgan fingerprint density at radius 3 is 2.56 bits per heavy atom. The fourth-order valence-corrected chi connectivity index (χ4v) is 2.08. The summed E-state index contributed by atoms with van der Waals surface area (Å²) in [5.74, 6) is -0.270. The van der Waals surface area contributed by atoms with Gasteiger partial charge in [-0.3, -0.25) is 0 Å². The Balaban J connectivity index is 2.85. The molecule has 1 rings (SSSR count). The monoisotopic (exact) mass is 275 g/mol. The molecule has 0 aliphatic rings. The van der Waals surface area contributed by atoms with Gasteiger partial charge in [0, 0.05) is 19.2 Å². The van der Waals surface area contributed by atoms with E-state index in [0.29, 0.717) is 17.0 Å². The summed E-state index contributed by atoms with van der Waals surface area (Å²) < 4.78 is 24.1. The zero-order valence-corrected chi connectivity index (χ0v) is 11.6. The van der Waals surface area contributed by atoms with Crippen molar-refractivity contribution in [1.29, 1.82) is 0 Å². The maximum atomic E-state index is 13.7. The Labute approximate surface area is 112 Å². The van der Waals surface area contributed by atoms with Gasteiger partial charge >= 0.3 is 0 Å². The second kappa shape index (κ2) is 7.69. The Kier molecular flexibility index (Phi) is 6.57. The summed E-state index contributed by atoms with van der Waals surface area (Å²) in [5.41, 5.74) is 0.549. The molecule has 0 saturated carbocycles. The lowest BCUT2D eigenvalue weighted by molar-refractivity contribution is -0.122. The van der Waals surface area contributed by atoms with Gasteiger partial charge in [-0.15, -0.1) is 0 Å². The van der Waals surface area contributed by atoms with Crippen LogP contribution < -0.4 is 5.32 Å². The van der Waals surface area contributed by atoms with Gasteiger partial charge in [0.15, 0.2) is 6.29 Å². The van der Waals surface area contributed by atoms with E-state index in [1.807, 2.05) is 6.92 Å². The van der Waals surface area contributed by atoms with Gasteiger partial charge in [0.1, 0.15) is 5.82 Å². The van der Waals surface area contributed by atoms with Crippen LogP contribution in [0.2, 0.25) is 5.02 Å². The Morgan fingerprint density at radius 2 is 2.00 bits per heavy atom. The molecule has 1 aromatic rings. The summed E-state index contributed by atoms with van der Waals surface area (Å²) >= 11 is 5.88. The largest absolute Gasteiger partial charge is 0.354 e. The van der Waals surface area contributed by atoms with Crippen LogP contribution in [0.25, 0.3) is 0 Å². The molecule has 1 N–H and O–H groups in total. The lowest BCUT2D eigenvalue weighted by Crippen LogP contribution is -2.43. The van der Waals surface area contributed by atoms with Gasteiger partial charge in [-0.1, -0.05) is 18.5 Å². The highest BCUT2D eigenvalue weighted by Gasteiger charge is 2.21. The number of rotatable bonds is 7. The Bertz CT molecular complexity index is 372. The first-order valence-corrected chi connectivity index (χ1v) is 6.23. The molecular weight excluding hydrogens is 257 g/mol. The van der Waals surface area contributed by atoms with Crippen LogP contribution in [0.3, 0.4) is 0 Å². The molecule has 3 nitrogen and oxygen atoms in total. The predicted molar refractivity (Wildman–Crippen MR) is 70.4 cm³/mol. The van der Waals surface area contributed by atoms with Crippen LogP contribution in [0.4, 0.5) is 4.39 Å². The molecule has 0 aliphatic heterocycles. The van der Waals surface area contributed by atoms with E-state index in [9.17, 15) is 4.39 Å². The Hall–Kier alpha value is -0.680. The van der Waals surface area contributed by atoms with Crippen LogP contribution in [0.5, 0.6) is 0 Å². The van der Waals surface area contributed by atoms with Gasteiger partial charge in [0.2, 0.25) is 0 Å². The summed E-state index contributed by atoms with van der Waals surface area (Å²) in [6.45, 7) is 2.72. The zero-order chi connectivity index (χ0) is 13.5. The van der Waals surface area contributed by atoms with Crippen molar-refractivity contribution in [2.45, 2.75) is 25.7 Å². The normalized spacial score (nSPS) is 13.0. The second-order valence-corrected chi connectivity index (χ2v) is 4.38. The predicted octanol–water partition coefficient (Wildman–Crippen LogP) is 2.62. The molecule has 0 amide bonds. The van der Waals surface area contributed by atoms with Crippen molar-refractivity contribution < 1.29 is 13.9 Å². The van der Waals surface area contributed by atoms with E-state index in [2.05, 4.69) is 5.32 Å². The molecule has 1 unspecified atom stereocenters. The molecule has 0 spiro atoms. The van der Waals surface area contributed by atoms with Gasteiger partial charge in [-0.05, 0) is 36.7 Å². The third-order valence-corrected chi connectivity index (χ3v) is 2.94. The van der Waals surface area contributed by atoms with Crippen molar-refractivity contribution in [2.24, 2.45) is 0 Å². The summed E-state index contributed by atoms with van der Waals surface area (Å²) in [6, 6.07) is 4.41. The van der Waals surface area contributed by atoms with E-state index in [1.165, 1.54) is 12.1 Å². The molecule has 5 heteroatoms. The Morgan fingerprint density at radius 1 is 1.33 bits per heavy atom. The van der Waals surface area contributed by atoms with Crippen LogP contribution in [-0.2, 0) is 15.9 Å². The van der Waals surface area contributed by atoms with Crippen LogP contribution >= 0.6 is 11.6 Å². The van der Waals surface area contributed by atoms with Crippen molar-refractivity contribution in [1.82, 2.24) is 5.32 Å². The summed E-state index contributed by atoms with van der Waals surface area (Å²) in [4.78, 5) is 0. The SMILES string of the molecule is CCNC(Cc1cc(Cl)ccc1F)C(OC)OC. The first-order chi connectivity index (χ1) is 8.62. The van der Waals surface area contributed by atoms with Crippen LogP contribution in [0.15, 0.2) is 18.2 Å².